The van der Waals surface area contributed by atoms with E-state index < -0.39 is 0 Å². The predicted octanol–water partition coefficient (Wildman–Crippen LogP) is 2.65. The molecule has 2 rings (SSSR count). The molecular weight excluding hydrogens is 182 g/mol. The van der Waals surface area contributed by atoms with Gasteiger partial charge in [0.25, 0.3) is 0 Å². The van der Waals surface area contributed by atoms with Crippen molar-refractivity contribution in [3.05, 3.63) is 29.0 Å². The lowest BCUT2D eigenvalue weighted by atomic mass is 10.1. The van der Waals surface area contributed by atoms with Crippen LogP contribution in [0.2, 0.25) is 0 Å². The van der Waals surface area contributed by atoms with E-state index in [1.54, 1.807) is 11.3 Å². The Kier molecular flexibility index (Phi) is 2.45. The summed E-state index contributed by atoms with van der Waals surface area (Å²) in [6.07, 6.45) is 5.90. The maximum Gasteiger partial charge on any atom is 0.228 e. The van der Waals surface area contributed by atoms with Crippen LogP contribution in [0.1, 0.15) is 12.8 Å². The molecule has 1 aliphatic carbocycles. The van der Waals surface area contributed by atoms with Crippen molar-refractivity contribution in [2.75, 3.05) is 5.32 Å². The van der Waals surface area contributed by atoms with Crippen molar-refractivity contribution < 1.29 is 4.79 Å². The summed E-state index contributed by atoms with van der Waals surface area (Å²) in [5.74, 6) is 0.295. The molecule has 1 amide bonds. The zero-order valence-electron chi connectivity index (χ0n) is 7.19. The van der Waals surface area contributed by atoms with E-state index in [1.807, 2.05) is 16.8 Å². The van der Waals surface area contributed by atoms with Gasteiger partial charge in [-0.2, -0.15) is 11.3 Å². The number of carbonyl (C=O) groups is 1. The third-order valence-electron chi connectivity index (χ3n) is 2.17. The molecule has 1 aliphatic rings. The molecule has 68 valence electrons. The molecule has 0 atom stereocenters. The van der Waals surface area contributed by atoms with E-state index >= 15 is 0 Å². The van der Waals surface area contributed by atoms with Gasteiger partial charge in [0.15, 0.2) is 0 Å². The Labute approximate surface area is 81.3 Å². The van der Waals surface area contributed by atoms with Gasteiger partial charge in [0.05, 0.1) is 5.69 Å². The van der Waals surface area contributed by atoms with E-state index in [2.05, 4.69) is 17.5 Å². The third-order valence-corrected chi connectivity index (χ3v) is 2.85. The first kappa shape index (κ1) is 8.51. The van der Waals surface area contributed by atoms with Crippen LogP contribution in [0.3, 0.4) is 0 Å². The van der Waals surface area contributed by atoms with E-state index in [1.165, 1.54) is 0 Å². The van der Waals surface area contributed by atoms with Crippen LogP contribution in [0.5, 0.6) is 0 Å². The van der Waals surface area contributed by atoms with E-state index in [-0.39, 0.29) is 11.8 Å². The lowest BCUT2D eigenvalue weighted by molar-refractivity contribution is -0.119. The second-order valence-electron chi connectivity index (χ2n) is 3.14. The standard InChI is InChI=1S/C10H11NOS/c12-10(8-3-1-2-4-8)11-9-5-6-13-7-9/h1-2,5-8H,3-4H2,(H,11,12). The number of hydrogen-bond acceptors (Lipinski definition) is 2. The van der Waals surface area contributed by atoms with Gasteiger partial charge in [-0.1, -0.05) is 12.2 Å². The average molecular weight is 193 g/mol. The zero-order valence-corrected chi connectivity index (χ0v) is 8.01. The monoisotopic (exact) mass is 193 g/mol. The molecule has 0 spiro atoms. The van der Waals surface area contributed by atoms with E-state index in [9.17, 15) is 4.79 Å². The smallest absolute Gasteiger partial charge is 0.228 e. The molecule has 0 unspecified atom stereocenters. The number of hydrogen-bond donors (Lipinski definition) is 1. The summed E-state index contributed by atoms with van der Waals surface area (Å²) in [7, 11) is 0. The highest BCUT2D eigenvalue weighted by atomic mass is 32.1. The Morgan fingerprint density at radius 3 is 2.85 bits per heavy atom. The molecule has 1 aromatic rings. The quantitative estimate of drug-likeness (QED) is 0.719. The zero-order chi connectivity index (χ0) is 9.10. The lowest BCUT2D eigenvalue weighted by Crippen LogP contribution is -2.20. The summed E-state index contributed by atoms with van der Waals surface area (Å²) in [4.78, 5) is 11.6. The topological polar surface area (TPSA) is 29.1 Å². The van der Waals surface area contributed by atoms with Crippen LogP contribution < -0.4 is 5.32 Å². The second-order valence-corrected chi connectivity index (χ2v) is 3.92. The molecule has 0 aromatic carbocycles. The van der Waals surface area contributed by atoms with E-state index in [4.69, 9.17) is 0 Å². The number of carbonyl (C=O) groups excluding carboxylic acids is 1. The van der Waals surface area contributed by atoms with Crippen molar-refractivity contribution in [2.45, 2.75) is 12.8 Å². The Balaban J connectivity index is 1.92. The molecule has 0 bridgehead atoms. The molecule has 1 N–H and O–H groups in total. The molecule has 0 saturated carbocycles. The summed E-state index contributed by atoms with van der Waals surface area (Å²) in [5, 5.41) is 6.80. The molecule has 0 fully saturated rings. The van der Waals surface area contributed by atoms with Crippen LogP contribution in [0, 0.1) is 5.92 Å². The van der Waals surface area contributed by atoms with E-state index in [0.29, 0.717) is 0 Å². The highest BCUT2D eigenvalue weighted by Crippen LogP contribution is 2.20. The van der Waals surface area contributed by atoms with Gasteiger partial charge in [0, 0.05) is 11.3 Å². The van der Waals surface area contributed by atoms with Crippen LogP contribution in [-0.2, 0) is 4.79 Å². The van der Waals surface area contributed by atoms with Crippen LogP contribution in [0.4, 0.5) is 5.69 Å². The van der Waals surface area contributed by atoms with Gasteiger partial charge in [0.2, 0.25) is 5.91 Å². The van der Waals surface area contributed by atoms with Crippen molar-refractivity contribution in [2.24, 2.45) is 5.92 Å². The molecule has 2 nitrogen and oxygen atoms in total. The minimum absolute atomic E-state index is 0.142. The average Bonchev–Trinajstić information content (AvgIpc) is 2.74. The highest BCUT2D eigenvalue weighted by Gasteiger charge is 2.18. The maximum atomic E-state index is 11.6. The predicted molar refractivity (Wildman–Crippen MR) is 54.8 cm³/mol. The minimum Gasteiger partial charge on any atom is -0.325 e. The van der Waals surface area contributed by atoms with E-state index in [0.717, 1.165) is 18.5 Å². The Hall–Kier alpha value is -1.09. The van der Waals surface area contributed by atoms with Gasteiger partial charge in [-0.3, -0.25) is 4.79 Å². The number of amides is 1. The summed E-state index contributed by atoms with van der Waals surface area (Å²) in [6, 6.07) is 1.92. The maximum absolute atomic E-state index is 11.6. The van der Waals surface area contributed by atoms with Crippen LogP contribution in [-0.4, -0.2) is 5.91 Å². The number of thiophene rings is 1. The first-order valence-electron chi connectivity index (χ1n) is 4.34. The largest absolute Gasteiger partial charge is 0.325 e. The van der Waals surface area contributed by atoms with Crippen molar-refractivity contribution in [1.82, 2.24) is 0 Å². The normalized spacial score (nSPS) is 16.3. The van der Waals surface area contributed by atoms with Crippen molar-refractivity contribution in [3.63, 3.8) is 0 Å². The van der Waals surface area contributed by atoms with Gasteiger partial charge in [0.1, 0.15) is 0 Å². The van der Waals surface area contributed by atoms with Gasteiger partial charge in [-0.05, 0) is 24.3 Å². The summed E-state index contributed by atoms with van der Waals surface area (Å²) < 4.78 is 0. The molecule has 0 radical (unpaired) electrons. The number of anilines is 1. The highest BCUT2D eigenvalue weighted by molar-refractivity contribution is 7.08. The Bertz CT molecular complexity index is 308. The van der Waals surface area contributed by atoms with Crippen molar-refractivity contribution in [3.8, 4) is 0 Å². The minimum atomic E-state index is 0.142. The van der Waals surface area contributed by atoms with Crippen LogP contribution in [0.25, 0.3) is 0 Å². The molecule has 0 aliphatic heterocycles. The summed E-state index contributed by atoms with van der Waals surface area (Å²) in [5.41, 5.74) is 0.918. The molecule has 3 heteroatoms. The van der Waals surface area contributed by atoms with Gasteiger partial charge >= 0.3 is 0 Å². The van der Waals surface area contributed by atoms with Crippen molar-refractivity contribution >= 4 is 22.9 Å². The fraction of sp³-hybridized carbons (Fsp3) is 0.300. The number of rotatable bonds is 2. The molecule has 0 saturated heterocycles. The fourth-order valence-electron chi connectivity index (χ4n) is 1.41. The second kappa shape index (κ2) is 3.75. The summed E-state index contributed by atoms with van der Waals surface area (Å²) >= 11 is 1.59. The third kappa shape index (κ3) is 1.98. The number of allylic oxidation sites excluding steroid dienone is 2. The SMILES string of the molecule is O=C(Nc1ccsc1)C1CC=CC1. The van der Waals surface area contributed by atoms with Crippen LogP contribution in [0.15, 0.2) is 29.0 Å². The van der Waals surface area contributed by atoms with Gasteiger partial charge in [-0.25, -0.2) is 0 Å². The first-order valence-corrected chi connectivity index (χ1v) is 5.28. The molecule has 1 aromatic heterocycles. The molecular formula is C10H11NOS. The lowest BCUT2D eigenvalue weighted by Gasteiger charge is -2.08. The molecule has 1 heterocycles. The fourth-order valence-corrected chi connectivity index (χ4v) is 2.00. The number of nitrogens with one attached hydrogen (secondary N) is 1. The van der Waals surface area contributed by atoms with Crippen molar-refractivity contribution in [1.29, 1.82) is 0 Å². The summed E-state index contributed by atoms with van der Waals surface area (Å²) in [6.45, 7) is 0. The Morgan fingerprint density at radius 1 is 1.46 bits per heavy atom. The first-order chi connectivity index (χ1) is 6.36. The molecule has 13 heavy (non-hydrogen) atoms. The Morgan fingerprint density at radius 2 is 2.23 bits per heavy atom. The van der Waals surface area contributed by atoms with Gasteiger partial charge < -0.3 is 5.32 Å². The van der Waals surface area contributed by atoms with Gasteiger partial charge in [-0.15, -0.1) is 0 Å². The van der Waals surface area contributed by atoms with Crippen LogP contribution >= 0.6 is 11.3 Å².